The van der Waals surface area contributed by atoms with Gasteiger partial charge in [-0.25, -0.2) is 4.79 Å². The smallest absolute Gasteiger partial charge is 0.404 e. The molecule has 0 heterocycles. The molecular formula is C7H13NO3. The van der Waals surface area contributed by atoms with Crippen LogP contribution in [0.15, 0.2) is 0 Å². The minimum absolute atomic E-state index is 0.0451. The number of aliphatic hydroxyl groups is 1. The van der Waals surface area contributed by atoms with Crippen LogP contribution in [0.5, 0.6) is 0 Å². The molecule has 2 atom stereocenters. The van der Waals surface area contributed by atoms with Crippen LogP contribution in [-0.2, 0) is 0 Å². The third kappa shape index (κ3) is 2.76. The molecule has 64 valence electrons. The monoisotopic (exact) mass is 159 g/mol. The van der Waals surface area contributed by atoms with Crippen molar-refractivity contribution in [2.75, 3.05) is 0 Å². The first-order chi connectivity index (χ1) is 5.18. The van der Waals surface area contributed by atoms with Gasteiger partial charge in [-0.05, 0) is 25.7 Å². The lowest BCUT2D eigenvalue weighted by Crippen LogP contribution is -2.38. The molecule has 1 fully saturated rings. The van der Waals surface area contributed by atoms with Crippen molar-refractivity contribution in [3.05, 3.63) is 0 Å². The van der Waals surface area contributed by atoms with E-state index in [0.717, 1.165) is 19.3 Å². The van der Waals surface area contributed by atoms with Gasteiger partial charge in [-0.3, -0.25) is 0 Å². The first-order valence-corrected chi connectivity index (χ1v) is 3.86. The van der Waals surface area contributed by atoms with Crippen LogP contribution in [0.25, 0.3) is 0 Å². The molecule has 11 heavy (non-hydrogen) atoms. The molecule has 1 saturated carbocycles. The molecule has 4 heteroatoms. The molecule has 0 aromatic carbocycles. The van der Waals surface area contributed by atoms with E-state index in [4.69, 9.17) is 10.2 Å². The van der Waals surface area contributed by atoms with Gasteiger partial charge in [0.05, 0.1) is 6.10 Å². The van der Waals surface area contributed by atoms with Crippen LogP contribution < -0.4 is 5.32 Å². The summed E-state index contributed by atoms with van der Waals surface area (Å²) >= 11 is 0. The van der Waals surface area contributed by atoms with Crippen molar-refractivity contribution in [1.82, 2.24) is 5.32 Å². The normalized spacial score (nSPS) is 31.4. The fourth-order valence-electron chi connectivity index (χ4n) is 1.47. The number of aliphatic hydroxyl groups excluding tert-OH is 1. The Morgan fingerprint density at radius 2 is 2.18 bits per heavy atom. The molecule has 1 rings (SSSR count). The Morgan fingerprint density at radius 3 is 2.73 bits per heavy atom. The number of nitrogens with one attached hydrogen (secondary N) is 1. The number of rotatable bonds is 1. The maximum atomic E-state index is 10.2. The van der Waals surface area contributed by atoms with Crippen LogP contribution >= 0.6 is 0 Å². The highest BCUT2D eigenvalue weighted by Crippen LogP contribution is 2.17. The maximum Gasteiger partial charge on any atom is 0.404 e. The van der Waals surface area contributed by atoms with Gasteiger partial charge in [0.2, 0.25) is 0 Å². The molecule has 0 aliphatic heterocycles. The summed E-state index contributed by atoms with van der Waals surface area (Å²) in [6, 6.07) is -0.0451. The molecule has 4 nitrogen and oxygen atoms in total. The summed E-state index contributed by atoms with van der Waals surface area (Å²) in [5.41, 5.74) is 0. The van der Waals surface area contributed by atoms with Gasteiger partial charge >= 0.3 is 6.09 Å². The summed E-state index contributed by atoms with van der Waals surface area (Å²) in [6.07, 6.45) is 1.81. The third-order valence-electron chi connectivity index (χ3n) is 1.97. The molecule has 0 aromatic heterocycles. The van der Waals surface area contributed by atoms with E-state index in [1.807, 2.05) is 0 Å². The Bertz CT molecular complexity index is 149. The Balaban J connectivity index is 2.28. The average molecular weight is 159 g/mol. The zero-order valence-electron chi connectivity index (χ0n) is 6.29. The van der Waals surface area contributed by atoms with Crippen molar-refractivity contribution in [2.24, 2.45) is 0 Å². The number of hydrogen-bond acceptors (Lipinski definition) is 2. The Hall–Kier alpha value is -0.770. The second-order valence-electron chi connectivity index (χ2n) is 2.97. The highest BCUT2D eigenvalue weighted by molar-refractivity contribution is 5.64. The first kappa shape index (κ1) is 8.33. The summed E-state index contributed by atoms with van der Waals surface area (Å²) in [5, 5.41) is 19.9. The van der Waals surface area contributed by atoms with Gasteiger partial charge in [0.25, 0.3) is 0 Å². The summed E-state index contributed by atoms with van der Waals surface area (Å²) in [6.45, 7) is 0. The van der Waals surface area contributed by atoms with E-state index in [1.165, 1.54) is 0 Å². The fraction of sp³-hybridized carbons (Fsp3) is 0.857. The standard InChI is InChI=1S/C7H13NO3/c9-6-3-1-2-5(4-6)8-7(10)11/h5-6,8-9H,1-4H2,(H,10,11)/t5-,6-/m0/s1. The Kier molecular flexibility index (Phi) is 2.70. The maximum absolute atomic E-state index is 10.2. The highest BCUT2D eigenvalue weighted by Gasteiger charge is 2.20. The lowest BCUT2D eigenvalue weighted by atomic mass is 9.93. The molecule has 0 aromatic rings. The van der Waals surface area contributed by atoms with E-state index >= 15 is 0 Å². The van der Waals surface area contributed by atoms with Crippen molar-refractivity contribution < 1.29 is 15.0 Å². The van der Waals surface area contributed by atoms with E-state index in [9.17, 15) is 4.79 Å². The molecule has 0 unspecified atom stereocenters. The third-order valence-corrected chi connectivity index (χ3v) is 1.97. The minimum atomic E-state index is -0.996. The van der Waals surface area contributed by atoms with E-state index in [2.05, 4.69) is 5.32 Å². The summed E-state index contributed by atoms with van der Waals surface area (Å²) < 4.78 is 0. The largest absolute Gasteiger partial charge is 0.465 e. The van der Waals surface area contributed by atoms with Crippen molar-refractivity contribution in [3.63, 3.8) is 0 Å². The quantitative estimate of drug-likeness (QED) is 0.523. The number of carbonyl (C=O) groups is 1. The van der Waals surface area contributed by atoms with Crippen LogP contribution in [0.1, 0.15) is 25.7 Å². The van der Waals surface area contributed by atoms with Crippen molar-refractivity contribution >= 4 is 6.09 Å². The summed E-state index contributed by atoms with van der Waals surface area (Å²) in [5.74, 6) is 0. The Labute approximate surface area is 65.2 Å². The second kappa shape index (κ2) is 3.57. The zero-order valence-corrected chi connectivity index (χ0v) is 6.29. The van der Waals surface area contributed by atoms with E-state index < -0.39 is 6.09 Å². The fourth-order valence-corrected chi connectivity index (χ4v) is 1.47. The number of amides is 1. The van der Waals surface area contributed by atoms with Gasteiger partial charge in [0.15, 0.2) is 0 Å². The minimum Gasteiger partial charge on any atom is -0.465 e. The van der Waals surface area contributed by atoms with Crippen molar-refractivity contribution in [2.45, 2.75) is 37.8 Å². The van der Waals surface area contributed by atoms with Gasteiger partial charge < -0.3 is 15.5 Å². The topological polar surface area (TPSA) is 69.6 Å². The van der Waals surface area contributed by atoms with Gasteiger partial charge in [-0.1, -0.05) is 0 Å². The lowest BCUT2D eigenvalue weighted by molar-refractivity contribution is 0.109. The van der Waals surface area contributed by atoms with E-state index in [1.54, 1.807) is 0 Å². The van der Waals surface area contributed by atoms with Crippen LogP contribution in [0, 0.1) is 0 Å². The number of carboxylic acid groups (broad SMARTS) is 1. The van der Waals surface area contributed by atoms with Crippen molar-refractivity contribution in [1.29, 1.82) is 0 Å². The van der Waals surface area contributed by atoms with Gasteiger partial charge in [0.1, 0.15) is 0 Å². The van der Waals surface area contributed by atoms with E-state index in [0.29, 0.717) is 6.42 Å². The van der Waals surface area contributed by atoms with Crippen LogP contribution in [0.2, 0.25) is 0 Å². The molecule has 0 bridgehead atoms. The van der Waals surface area contributed by atoms with Gasteiger partial charge in [-0.2, -0.15) is 0 Å². The molecule has 1 aliphatic rings. The lowest BCUT2D eigenvalue weighted by Gasteiger charge is -2.25. The summed E-state index contributed by atoms with van der Waals surface area (Å²) in [7, 11) is 0. The van der Waals surface area contributed by atoms with Crippen LogP contribution in [0.4, 0.5) is 4.79 Å². The summed E-state index contributed by atoms with van der Waals surface area (Å²) in [4.78, 5) is 10.2. The predicted octanol–water partition coefficient (Wildman–Crippen LogP) is 0.557. The molecule has 3 N–H and O–H groups in total. The van der Waals surface area contributed by atoms with Crippen LogP contribution in [0.3, 0.4) is 0 Å². The molecule has 0 radical (unpaired) electrons. The highest BCUT2D eigenvalue weighted by atomic mass is 16.4. The predicted molar refractivity (Wildman–Crippen MR) is 39.4 cm³/mol. The molecule has 0 spiro atoms. The molecular weight excluding hydrogens is 146 g/mol. The average Bonchev–Trinajstić information content (AvgIpc) is 1.85. The SMILES string of the molecule is O=C(O)N[C@H]1CCC[C@H](O)C1. The van der Waals surface area contributed by atoms with Crippen molar-refractivity contribution in [3.8, 4) is 0 Å². The van der Waals surface area contributed by atoms with Gasteiger partial charge in [-0.15, -0.1) is 0 Å². The van der Waals surface area contributed by atoms with Crippen LogP contribution in [-0.4, -0.2) is 28.5 Å². The number of hydrogen-bond donors (Lipinski definition) is 3. The molecule has 0 saturated heterocycles. The van der Waals surface area contributed by atoms with E-state index in [-0.39, 0.29) is 12.1 Å². The molecule has 1 amide bonds. The second-order valence-corrected chi connectivity index (χ2v) is 2.97. The first-order valence-electron chi connectivity index (χ1n) is 3.86. The van der Waals surface area contributed by atoms with Gasteiger partial charge in [0, 0.05) is 6.04 Å². The molecule has 1 aliphatic carbocycles. The zero-order chi connectivity index (χ0) is 8.27. The Morgan fingerprint density at radius 1 is 1.45 bits per heavy atom.